The molecule has 0 aromatic carbocycles. The van der Waals surface area contributed by atoms with Gasteiger partial charge in [-0.15, -0.1) is 24.0 Å². The summed E-state index contributed by atoms with van der Waals surface area (Å²) in [6.07, 6.45) is 8.32. The van der Waals surface area contributed by atoms with Crippen LogP contribution in [0.15, 0.2) is 23.5 Å². The first-order chi connectivity index (χ1) is 11.9. The van der Waals surface area contributed by atoms with Crippen molar-refractivity contribution in [1.29, 1.82) is 0 Å². The van der Waals surface area contributed by atoms with Gasteiger partial charge in [-0.25, -0.2) is 0 Å². The van der Waals surface area contributed by atoms with E-state index in [0.29, 0.717) is 6.10 Å². The predicted octanol–water partition coefficient (Wildman–Crippen LogP) is 2.03. The second-order valence-electron chi connectivity index (χ2n) is 5.87. The highest BCUT2D eigenvalue weighted by Crippen LogP contribution is 2.11. The minimum Gasteiger partial charge on any atom is -0.379 e. The van der Waals surface area contributed by atoms with Gasteiger partial charge in [0.1, 0.15) is 0 Å². The molecule has 1 fully saturated rings. The Kier molecular flexibility index (Phi) is 12.7. The molecule has 2 rings (SSSR count). The number of aliphatic imine (C=N–C) groups is 1. The van der Waals surface area contributed by atoms with Crippen molar-refractivity contribution in [2.75, 3.05) is 39.5 Å². The normalized spacial score (nSPS) is 17.3. The number of guanidine groups is 1. The average molecular weight is 465 g/mol. The van der Waals surface area contributed by atoms with Crippen LogP contribution >= 0.6 is 24.0 Å². The second-order valence-corrected chi connectivity index (χ2v) is 5.87. The number of rotatable bonds is 11. The molecule has 8 heteroatoms. The Morgan fingerprint density at radius 2 is 2.32 bits per heavy atom. The van der Waals surface area contributed by atoms with Gasteiger partial charge in [0.15, 0.2) is 5.96 Å². The fourth-order valence-corrected chi connectivity index (χ4v) is 2.57. The van der Waals surface area contributed by atoms with Crippen LogP contribution in [-0.2, 0) is 16.0 Å². The van der Waals surface area contributed by atoms with E-state index in [2.05, 4.69) is 27.6 Å². The Bertz CT molecular complexity index is 450. The molecule has 0 amide bonds. The van der Waals surface area contributed by atoms with E-state index in [9.17, 15) is 0 Å². The number of nitrogens with one attached hydrogen (secondary N) is 2. The lowest BCUT2D eigenvalue weighted by atomic mass is 10.2. The molecule has 1 unspecified atom stereocenters. The van der Waals surface area contributed by atoms with E-state index in [1.165, 1.54) is 6.42 Å². The van der Waals surface area contributed by atoms with Crippen molar-refractivity contribution in [3.8, 4) is 0 Å². The molecule has 2 N–H and O–H groups in total. The average Bonchev–Trinajstić information content (AvgIpc) is 3.28. The number of ether oxygens (including phenoxy) is 2. The summed E-state index contributed by atoms with van der Waals surface area (Å²) in [6.45, 7) is 7.84. The van der Waals surface area contributed by atoms with Gasteiger partial charge in [-0.05, 0) is 38.7 Å². The summed E-state index contributed by atoms with van der Waals surface area (Å²) >= 11 is 0. The molecule has 0 radical (unpaired) electrons. The van der Waals surface area contributed by atoms with Crippen LogP contribution in [0.2, 0.25) is 0 Å². The molecule has 0 bridgehead atoms. The van der Waals surface area contributed by atoms with E-state index < -0.39 is 0 Å². The molecular weight excluding hydrogens is 433 g/mol. The number of halogens is 1. The highest BCUT2D eigenvalue weighted by molar-refractivity contribution is 14.0. The van der Waals surface area contributed by atoms with Crippen molar-refractivity contribution in [3.63, 3.8) is 0 Å². The molecule has 144 valence electrons. The number of aryl methyl sites for hydroxylation is 1. The number of hydrogen-bond donors (Lipinski definition) is 2. The topological polar surface area (TPSA) is 72.7 Å². The molecule has 0 spiro atoms. The Labute approximate surface area is 168 Å². The van der Waals surface area contributed by atoms with Crippen LogP contribution < -0.4 is 10.6 Å². The Morgan fingerprint density at radius 3 is 3.04 bits per heavy atom. The van der Waals surface area contributed by atoms with Gasteiger partial charge >= 0.3 is 0 Å². The summed E-state index contributed by atoms with van der Waals surface area (Å²) < 4.78 is 13.1. The minimum absolute atomic E-state index is 0. The molecule has 1 aliphatic heterocycles. The predicted molar refractivity (Wildman–Crippen MR) is 111 cm³/mol. The standard InChI is InChI=1S/C17H31N5O2.HI/c1-2-18-17(19-8-4-11-22-12-5-10-21-22)20-9-6-13-23-15-16-7-3-14-24-16;/h5,10,12,16H,2-4,6-9,11,13-15H2,1H3,(H2,18,19,20);1H. The summed E-state index contributed by atoms with van der Waals surface area (Å²) in [5.41, 5.74) is 0. The minimum atomic E-state index is 0. The van der Waals surface area contributed by atoms with Gasteiger partial charge in [0.2, 0.25) is 0 Å². The van der Waals surface area contributed by atoms with Gasteiger partial charge < -0.3 is 20.1 Å². The van der Waals surface area contributed by atoms with Crippen molar-refractivity contribution < 1.29 is 9.47 Å². The lowest BCUT2D eigenvalue weighted by molar-refractivity contribution is 0.0168. The zero-order valence-corrected chi connectivity index (χ0v) is 17.5. The molecule has 1 aromatic rings. The third kappa shape index (κ3) is 10.0. The summed E-state index contributed by atoms with van der Waals surface area (Å²) in [4.78, 5) is 4.59. The van der Waals surface area contributed by atoms with Crippen LogP contribution in [0.3, 0.4) is 0 Å². The van der Waals surface area contributed by atoms with E-state index in [1.54, 1.807) is 6.20 Å². The lowest BCUT2D eigenvalue weighted by Gasteiger charge is -2.12. The van der Waals surface area contributed by atoms with E-state index in [1.807, 2.05) is 16.9 Å². The maximum atomic E-state index is 5.66. The fraction of sp³-hybridized carbons (Fsp3) is 0.765. The van der Waals surface area contributed by atoms with Crippen LogP contribution in [0.4, 0.5) is 0 Å². The zero-order valence-electron chi connectivity index (χ0n) is 15.2. The van der Waals surface area contributed by atoms with Crippen LogP contribution in [-0.4, -0.2) is 61.3 Å². The smallest absolute Gasteiger partial charge is 0.191 e. The van der Waals surface area contributed by atoms with Gasteiger partial charge in [-0.1, -0.05) is 0 Å². The van der Waals surface area contributed by atoms with E-state index in [0.717, 1.165) is 71.2 Å². The molecule has 0 aliphatic carbocycles. The van der Waals surface area contributed by atoms with Crippen LogP contribution in [0.5, 0.6) is 0 Å². The first-order valence-electron chi connectivity index (χ1n) is 9.07. The summed E-state index contributed by atoms with van der Waals surface area (Å²) in [5, 5.41) is 10.8. The number of hydrogen-bond acceptors (Lipinski definition) is 4. The first kappa shape index (κ1) is 22.2. The molecular formula is C17H32IN5O2. The monoisotopic (exact) mass is 465 g/mol. The van der Waals surface area contributed by atoms with Crippen LogP contribution in [0, 0.1) is 0 Å². The molecule has 7 nitrogen and oxygen atoms in total. The summed E-state index contributed by atoms with van der Waals surface area (Å²) in [7, 11) is 0. The van der Waals surface area contributed by atoms with Crippen molar-refractivity contribution >= 4 is 29.9 Å². The third-order valence-electron chi connectivity index (χ3n) is 3.80. The van der Waals surface area contributed by atoms with Crippen molar-refractivity contribution in [2.24, 2.45) is 4.99 Å². The van der Waals surface area contributed by atoms with Crippen molar-refractivity contribution in [3.05, 3.63) is 18.5 Å². The molecule has 2 heterocycles. The zero-order chi connectivity index (χ0) is 16.9. The van der Waals surface area contributed by atoms with Gasteiger partial charge in [0, 0.05) is 51.8 Å². The Morgan fingerprint density at radius 1 is 1.40 bits per heavy atom. The Hall–Kier alpha value is -0.870. The van der Waals surface area contributed by atoms with Crippen molar-refractivity contribution in [2.45, 2.75) is 45.3 Å². The molecule has 1 atom stereocenters. The number of aromatic nitrogens is 2. The van der Waals surface area contributed by atoms with E-state index >= 15 is 0 Å². The largest absolute Gasteiger partial charge is 0.379 e. The van der Waals surface area contributed by atoms with Gasteiger partial charge in [-0.3, -0.25) is 9.67 Å². The molecule has 1 aromatic heterocycles. The van der Waals surface area contributed by atoms with E-state index in [-0.39, 0.29) is 24.0 Å². The van der Waals surface area contributed by atoms with Crippen LogP contribution in [0.1, 0.15) is 32.6 Å². The highest BCUT2D eigenvalue weighted by Gasteiger charge is 2.14. The fourth-order valence-electron chi connectivity index (χ4n) is 2.57. The lowest BCUT2D eigenvalue weighted by Crippen LogP contribution is -2.38. The molecule has 0 saturated carbocycles. The third-order valence-corrected chi connectivity index (χ3v) is 3.80. The van der Waals surface area contributed by atoms with Gasteiger partial charge in [-0.2, -0.15) is 5.10 Å². The highest BCUT2D eigenvalue weighted by atomic mass is 127. The number of nitrogens with zero attached hydrogens (tertiary/aromatic N) is 3. The van der Waals surface area contributed by atoms with Gasteiger partial charge in [0.25, 0.3) is 0 Å². The first-order valence-corrected chi connectivity index (χ1v) is 9.07. The second kappa shape index (κ2) is 14.3. The summed E-state index contributed by atoms with van der Waals surface area (Å²) in [6, 6.07) is 1.94. The van der Waals surface area contributed by atoms with Crippen molar-refractivity contribution in [1.82, 2.24) is 20.4 Å². The van der Waals surface area contributed by atoms with E-state index in [4.69, 9.17) is 9.47 Å². The molecule has 1 aliphatic rings. The maximum Gasteiger partial charge on any atom is 0.191 e. The molecule has 25 heavy (non-hydrogen) atoms. The Balaban J connectivity index is 0.00000312. The molecule has 1 saturated heterocycles. The maximum absolute atomic E-state index is 5.66. The SMILES string of the molecule is CCNC(=NCCCn1cccn1)NCCCOCC1CCCO1.I. The van der Waals surface area contributed by atoms with Crippen LogP contribution in [0.25, 0.3) is 0 Å². The quantitative estimate of drug-likeness (QED) is 0.227. The van der Waals surface area contributed by atoms with Gasteiger partial charge in [0.05, 0.1) is 12.7 Å². The summed E-state index contributed by atoms with van der Waals surface area (Å²) in [5.74, 6) is 0.872.